The molecule has 0 heterocycles. The number of aliphatic hydroxyl groups excluding tert-OH is 1. The quantitative estimate of drug-likeness (QED) is 0.0353. The minimum atomic E-state index is -1.38. The molecule has 0 bridgehead atoms. The molecule has 0 aliphatic rings. The number of carbonyl (C=O) groups excluding carboxylic acids is 3. The second-order valence-electron chi connectivity index (χ2n) is 17.6. The number of unbranched alkanes of at least 4 members (excludes halogenated alkanes) is 33. The highest BCUT2D eigenvalue weighted by atomic mass is 16.5. The van der Waals surface area contributed by atoms with Crippen LogP contribution in [0.2, 0.25) is 0 Å². The van der Waals surface area contributed by atoms with Crippen molar-refractivity contribution in [3.05, 3.63) is 0 Å². The fourth-order valence-corrected chi connectivity index (χ4v) is 7.95. The zero-order valence-corrected chi connectivity index (χ0v) is 38.8. The molecular formula is C50H96N2O7. The standard InChI is InChI=1S/C50H96N2O7/c1-3-5-7-9-11-13-15-17-18-19-20-21-23-25-27-29-34-38-42-49(56)59-45(39-35-31-28-26-24-22-16-14-12-10-8-6-4-2)40-36-32-30-33-37-41-47(54)51-43-48(55)52-46(44-53)50(57)58/h45-46,53H,3-44H2,1-2H3,(H,51,54)(H,52,55)(H,57,58). The number of aliphatic carboxylic acids is 1. The lowest BCUT2D eigenvalue weighted by atomic mass is 10.0. The second-order valence-corrected chi connectivity index (χ2v) is 17.6. The number of amides is 2. The molecule has 2 unspecified atom stereocenters. The molecule has 0 aromatic rings. The van der Waals surface area contributed by atoms with Crippen molar-refractivity contribution >= 4 is 23.8 Å². The molecule has 9 nitrogen and oxygen atoms in total. The Balaban J connectivity index is 4.22. The maximum atomic E-state index is 12.9. The molecular weight excluding hydrogens is 741 g/mol. The third-order valence-corrected chi connectivity index (χ3v) is 11.9. The lowest BCUT2D eigenvalue weighted by Crippen LogP contribution is -2.47. The minimum Gasteiger partial charge on any atom is -0.480 e. The molecule has 0 aromatic heterocycles. The first kappa shape index (κ1) is 56.8. The molecule has 0 spiro atoms. The third kappa shape index (κ3) is 42.3. The Labute approximate surface area is 363 Å². The number of ether oxygens (including phenoxy) is 1. The predicted octanol–water partition coefficient (Wildman–Crippen LogP) is 13.2. The van der Waals surface area contributed by atoms with Gasteiger partial charge in [0.05, 0.1) is 13.2 Å². The van der Waals surface area contributed by atoms with Crippen LogP contribution < -0.4 is 10.6 Å². The Kier molecular flexibility index (Phi) is 43.7. The van der Waals surface area contributed by atoms with Crippen molar-refractivity contribution in [3.8, 4) is 0 Å². The van der Waals surface area contributed by atoms with Gasteiger partial charge in [0.15, 0.2) is 0 Å². The Bertz CT molecular complexity index is 962. The number of esters is 1. The maximum absolute atomic E-state index is 12.9. The van der Waals surface area contributed by atoms with Gasteiger partial charge in [0.2, 0.25) is 11.8 Å². The highest BCUT2D eigenvalue weighted by Gasteiger charge is 2.19. The first-order valence-corrected chi connectivity index (χ1v) is 25.4. The van der Waals surface area contributed by atoms with Gasteiger partial charge in [-0.2, -0.15) is 0 Å². The molecule has 0 saturated heterocycles. The number of carboxylic acids is 1. The fraction of sp³-hybridized carbons (Fsp3) is 0.920. The average molecular weight is 837 g/mol. The summed E-state index contributed by atoms with van der Waals surface area (Å²) >= 11 is 0. The van der Waals surface area contributed by atoms with Crippen LogP contribution in [-0.2, 0) is 23.9 Å². The summed E-state index contributed by atoms with van der Waals surface area (Å²) in [7, 11) is 0. The van der Waals surface area contributed by atoms with Crippen LogP contribution in [-0.4, -0.2) is 59.3 Å². The summed E-state index contributed by atoms with van der Waals surface area (Å²) < 4.78 is 6.07. The summed E-state index contributed by atoms with van der Waals surface area (Å²) in [6.07, 6.45) is 48.5. The van der Waals surface area contributed by atoms with Gasteiger partial charge in [-0.25, -0.2) is 4.79 Å². The number of rotatable bonds is 47. The summed E-state index contributed by atoms with van der Waals surface area (Å²) in [5.74, 6) is -2.26. The Morgan fingerprint density at radius 3 is 1.10 bits per heavy atom. The Morgan fingerprint density at radius 2 is 0.763 bits per heavy atom. The summed E-state index contributed by atoms with van der Waals surface area (Å²) in [6.45, 7) is 3.53. The molecule has 0 aliphatic carbocycles. The summed E-state index contributed by atoms with van der Waals surface area (Å²) in [4.78, 5) is 47.7. The van der Waals surface area contributed by atoms with E-state index in [0.717, 1.165) is 57.8 Å². The van der Waals surface area contributed by atoms with Gasteiger partial charge in [0, 0.05) is 12.8 Å². The van der Waals surface area contributed by atoms with Crippen molar-refractivity contribution in [1.29, 1.82) is 0 Å². The van der Waals surface area contributed by atoms with Crippen LogP contribution in [0, 0.1) is 0 Å². The van der Waals surface area contributed by atoms with Crippen LogP contribution in [0.15, 0.2) is 0 Å². The SMILES string of the molecule is CCCCCCCCCCCCCCCCCCCCC(=O)OC(CCCCCCCCCCCCCCC)CCCCCCCC(=O)NCC(=O)NC(CO)C(=O)O. The van der Waals surface area contributed by atoms with E-state index in [9.17, 15) is 19.2 Å². The van der Waals surface area contributed by atoms with Crippen LogP contribution in [0.4, 0.5) is 0 Å². The average Bonchev–Trinajstić information content (AvgIpc) is 3.22. The van der Waals surface area contributed by atoms with Gasteiger partial charge in [0.1, 0.15) is 12.1 Å². The van der Waals surface area contributed by atoms with Crippen molar-refractivity contribution in [2.24, 2.45) is 0 Å². The number of hydrogen-bond acceptors (Lipinski definition) is 6. The van der Waals surface area contributed by atoms with Gasteiger partial charge >= 0.3 is 11.9 Å². The molecule has 2 atom stereocenters. The fourth-order valence-electron chi connectivity index (χ4n) is 7.95. The van der Waals surface area contributed by atoms with Crippen LogP contribution >= 0.6 is 0 Å². The van der Waals surface area contributed by atoms with Gasteiger partial charge in [-0.15, -0.1) is 0 Å². The number of aliphatic hydroxyl groups is 1. The Morgan fingerprint density at radius 1 is 0.441 bits per heavy atom. The van der Waals surface area contributed by atoms with Crippen molar-refractivity contribution < 1.29 is 34.1 Å². The molecule has 59 heavy (non-hydrogen) atoms. The zero-order chi connectivity index (χ0) is 43.3. The molecule has 9 heteroatoms. The molecule has 0 rings (SSSR count). The first-order valence-electron chi connectivity index (χ1n) is 25.4. The molecule has 0 saturated carbocycles. The number of nitrogens with one attached hydrogen (secondary N) is 2. The highest BCUT2D eigenvalue weighted by molar-refractivity contribution is 5.87. The van der Waals surface area contributed by atoms with Gasteiger partial charge in [-0.3, -0.25) is 14.4 Å². The van der Waals surface area contributed by atoms with E-state index in [0.29, 0.717) is 19.3 Å². The first-order chi connectivity index (χ1) is 28.8. The van der Waals surface area contributed by atoms with Crippen LogP contribution in [0.1, 0.15) is 271 Å². The molecule has 0 aliphatic heterocycles. The summed E-state index contributed by atoms with van der Waals surface area (Å²) in [5, 5.41) is 22.6. The van der Waals surface area contributed by atoms with E-state index < -0.39 is 24.5 Å². The summed E-state index contributed by atoms with van der Waals surface area (Å²) in [5.41, 5.74) is 0. The van der Waals surface area contributed by atoms with E-state index in [1.165, 1.54) is 180 Å². The molecule has 0 fully saturated rings. The Hall–Kier alpha value is -2.16. The van der Waals surface area contributed by atoms with Gasteiger partial charge in [-0.05, 0) is 38.5 Å². The maximum Gasteiger partial charge on any atom is 0.328 e. The van der Waals surface area contributed by atoms with E-state index >= 15 is 0 Å². The lowest BCUT2D eigenvalue weighted by molar-refractivity contribution is -0.150. The molecule has 2 amide bonds. The number of carbonyl (C=O) groups is 4. The van der Waals surface area contributed by atoms with Crippen molar-refractivity contribution in [2.75, 3.05) is 13.2 Å². The predicted molar refractivity (Wildman–Crippen MR) is 246 cm³/mol. The van der Waals surface area contributed by atoms with E-state index in [1.54, 1.807) is 0 Å². The normalized spacial score (nSPS) is 12.3. The van der Waals surface area contributed by atoms with Gasteiger partial charge in [-0.1, -0.05) is 219 Å². The van der Waals surface area contributed by atoms with E-state index in [1.807, 2.05) is 0 Å². The van der Waals surface area contributed by atoms with Gasteiger partial charge in [0.25, 0.3) is 0 Å². The summed E-state index contributed by atoms with van der Waals surface area (Å²) in [6, 6.07) is -1.38. The van der Waals surface area contributed by atoms with Crippen molar-refractivity contribution in [1.82, 2.24) is 10.6 Å². The van der Waals surface area contributed by atoms with Crippen LogP contribution in [0.3, 0.4) is 0 Å². The van der Waals surface area contributed by atoms with Crippen molar-refractivity contribution in [2.45, 2.75) is 283 Å². The minimum absolute atomic E-state index is 0.00533. The smallest absolute Gasteiger partial charge is 0.328 e. The zero-order valence-electron chi connectivity index (χ0n) is 38.8. The van der Waals surface area contributed by atoms with Gasteiger partial charge < -0.3 is 25.6 Å². The van der Waals surface area contributed by atoms with E-state index in [-0.39, 0.29) is 24.5 Å². The van der Waals surface area contributed by atoms with E-state index in [4.69, 9.17) is 14.9 Å². The number of hydrogen-bond donors (Lipinski definition) is 4. The van der Waals surface area contributed by atoms with E-state index in [2.05, 4.69) is 24.5 Å². The molecule has 348 valence electrons. The van der Waals surface area contributed by atoms with Crippen molar-refractivity contribution in [3.63, 3.8) is 0 Å². The molecule has 0 aromatic carbocycles. The molecule has 4 N–H and O–H groups in total. The van der Waals surface area contributed by atoms with Crippen LogP contribution in [0.25, 0.3) is 0 Å². The molecule has 0 radical (unpaired) electrons. The lowest BCUT2D eigenvalue weighted by Gasteiger charge is -2.18. The second kappa shape index (κ2) is 45.4. The van der Waals surface area contributed by atoms with Crippen LogP contribution in [0.5, 0.6) is 0 Å². The largest absolute Gasteiger partial charge is 0.480 e. The highest BCUT2D eigenvalue weighted by Crippen LogP contribution is 2.20. The number of carboxylic acid groups (broad SMARTS) is 1. The topological polar surface area (TPSA) is 142 Å². The third-order valence-electron chi connectivity index (χ3n) is 11.9. The monoisotopic (exact) mass is 837 g/mol.